The number of hydrogen-bond acceptors (Lipinski definition) is 6. The van der Waals surface area contributed by atoms with E-state index >= 15 is 0 Å². The number of aromatic hydroxyl groups is 1. The van der Waals surface area contributed by atoms with Crippen molar-refractivity contribution in [2.45, 2.75) is 16.6 Å². The highest BCUT2D eigenvalue weighted by molar-refractivity contribution is 8.14. The van der Waals surface area contributed by atoms with E-state index in [2.05, 4.69) is 10.2 Å². The minimum atomic E-state index is -0.802. The Morgan fingerprint density at radius 2 is 2.23 bits per heavy atom. The fourth-order valence-electron chi connectivity index (χ4n) is 2.64. The van der Waals surface area contributed by atoms with Crippen LogP contribution >= 0.6 is 23.5 Å². The molecule has 0 saturated carbocycles. The Morgan fingerprint density at radius 3 is 2.86 bits per heavy atom. The summed E-state index contributed by atoms with van der Waals surface area (Å²) in [6.45, 7) is 0. The second-order valence-electron chi connectivity index (χ2n) is 5.35. The van der Waals surface area contributed by atoms with E-state index in [9.17, 15) is 15.0 Å². The Balaban J connectivity index is 1.87. The normalized spacial score (nSPS) is 32.2. The zero-order valence-electron chi connectivity index (χ0n) is 11.9. The van der Waals surface area contributed by atoms with Crippen LogP contribution in [0.15, 0.2) is 29.3 Å². The molecule has 0 aromatic heterocycles. The van der Waals surface area contributed by atoms with Crippen LogP contribution < -0.4 is 0 Å². The minimum Gasteiger partial charge on any atom is -0.507 e. The first-order valence-corrected chi connectivity index (χ1v) is 9.28. The van der Waals surface area contributed by atoms with Crippen molar-refractivity contribution in [3.8, 4) is 5.75 Å². The molecule has 8 heteroatoms. The summed E-state index contributed by atoms with van der Waals surface area (Å²) in [5, 5.41) is 19.4. The summed E-state index contributed by atoms with van der Waals surface area (Å²) in [7, 11) is 5.59. The molecule has 0 unspecified atom stereocenters. The molecule has 0 aliphatic carbocycles. The van der Waals surface area contributed by atoms with Gasteiger partial charge in [-0.2, -0.15) is 0 Å². The van der Waals surface area contributed by atoms with Crippen LogP contribution in [-0.4, -0.2) is 71.5 Å². The number of hydrogen-bond donors (Lipinski definition) is 2. The van der Waals surface area contributed by atoms with Crippen LogP contribution in [0.5, 0.6) is 5.75 Å². The molecule has 3 atom stereocenters. The Labute approximate surface area is 140 Å². The Kier molecular flexibility index (Phi) is 4.28. The topological polar surface area (TPSA) is 73.1 Å². The number of phenolic OH excluding ortho intramolecular Hbond substituents is 1. The predicted octanol–water partition coefficient (Wildman–Crippen LogP) is 1.21. The monoisotopic (exact) mass is 351 g/mol. The van der Waals surface area contributed by atoms with Crippen molar-refractivity contribution >= 4 is 44.8 Å². The van der Waals surface area contributed by atoms with Gasteiger partial charge in [0.2, 0.25) is 0 Å². The smallest absolute Gasteiger partial charge is 0.321 e. The van der Waals surface area contributed by atoms with Gasteiger partial charge in [-0.15, -0.1) is 23.5 Å². The number of phenols is 1. The lowest BCUT2D eigenvalue weighted by molar-refractivity contribution is -0.141. The number of carboxylic acid groups (broad SMARTS) is 1. The van der Waals surface area contributed by atoms with Crippen molar-refractivity contribution in [2.24, 2.45) is 4.99 Å². The Hall–Kier alpha value is -0.963. The third-order valence-corrected chi connectivity index (χ3v) is 7.57. The molecule has 2 N–H and O–H groups in total. The van der Waals surface area contributed by atoms with Crippen molar-refractivity contribution < 1.29 is 15.0 Å². The zero-order valence-corrected chi connectivity index (χ0v) is 14.5. The number of carboxylic acids is 1. The van der Waals surface area contributed by atoms with Gasteiger partial charge in [0, 0.05) is 17.1 Å². The van der Waals surface area contributed by atoms with E-state index in [0.29, 0.717) is 17.1 Å². The molecule has 0 bridgehead atoms. The van der Waals surface area contributed by atoms with Crippen molar-refractivity contribution in [1.29, 1.82) is 0 Å². The van der Waals surface area contributed by atoms with Gasteiger partial charge in [-0.3, -0.25) is 14.7 Å². The van der Waals surface area contributed by atoms with Gasteiger partial charge in [0.05, 0.1) is 20.8 Å². The first-order valence-electron chi connectivity index (χ1n) is 6.75. The van der Waals surface area contributed by atoms with Crippen LogP contribution in [0.3, 0.4) is 0 Å². The van der Waals surface area contributed by atoms with E-state index in [4.69, 9.17) is 4.99 Å². The molecule has 115 valence electrons. The number of rotatable bonds is 3. The van der Waals surface area contributed by atoms with Gasteiger partial charge in [0.1, 0.15) is 16.8 Å². The van der Waals surface area contributed by atoms with Crippen molar-refractivity contribution in [2.75, 3.05) is 18.6 Å². The van der Waals surface area contributed by atoms with Crippen LogP contribution in [0.2, 0.25) is 0 Å². The molecule has 1 aromatic rings. The van der Waals surface area contributed by atoms with Crippen LogP contribution in [0.1, 0.15) is 5.56 Å². The molecule has 0 spiro atoms. The molecule has 22 heavy (non-hydrogen) atoms. The first-order chi connectivity index (χ1) is 10.4. The maximum absolute atomic E-state index is 11.3. The zero-order chi connectivity index (χ0) is 15.9. The molecular weight excluding hydrogens is 336 g/mol. The van der Waals surface area contributed by atoms with Crippen LogP contribution in [0.25, 0.3) is 0 Å². The molecule has 2 aliphatic rings. The standard InChI is InChI=1S/C14H15N2O3S2Si/c1-16-9(12(18)19)6-20-13(16)14(22)7-21-11(15-14)8-4-2-3-5-10(8)17/h2-5,9,13,17H,6-7H2,1H3,(H,18,19)/t9-,13+,14-/m1/s1. The van der Waals surface area contributed by atoms with Gasteiger partial charge in [-0.1, -0.05) is 12.1 Å². The average molecular weight is 352 g/mol. The minimum absolute atomic E-state index is 0.0545. The van der Waals surface area contributed by atoms with E-state index in [1.165, 1.54) is 0 Å². The van der Waals surface area contributed by atoms with Gasteiger partial charge in [0.25, 0.3) is 0 Å². The number of carbonyl (C=O) groups is 1. The fourth-order valence-corrected chi connectivity index (χ4v) is 6.28. The number of likely N-dealkylation sites (N-methyl/N-ethyl adjacent to an activating group) is 1. The quantitative estimate of drug-likeness (QED) is 0.798. The van der Waals surface area contributed by atoms with Gasteiger partial charge in [0.15, 0.2) is 0 Å². The maximum atomic E-state index is 11.3. The van der Waals surface area contributed by atoms with Gasteiger partial charge in [-0.05, 0) is 19.2 Å². The number of benzene rings is 1. The number of nitrogens with zero attached hydrogens (tertiary/aromatic N) is 2. The van der Waals surface area contributed by atoms with Crippen molar-refractivity contribution in [3.63, 3.8) is 0 Å². The van der Waals surface area contributed by atoms with E-state index in [1.54, 1.807) is 35.7 Å². The van der Waals surface area contributed by atoms with E-state index in [0.717, 1.165) is 5.04 Å². The molecule has 0 amide bonds. The molecule has 1 aromatic carbocycles. The van der Waals surface area contributed by atoms with Crippen LogP contribution in [0.4, 0.5) is 0 Å². The lowest BCUT2D eigenvalue weighted by Gasteiger charge is -2.33. The number of para-hydroxylation sites is 1. The fraction of sp³-hybridized carbons (Fsp3) is 0.429. The molecule has 3 rings (SSSR count). The third-order valence-electron chi connectivity index (χ3n) is 3.83. The maximum Gasteiger partial charge on any atom is 0.321 e. The van der Waals surface area contributed by atoms with Gasteiger partial charge in [-0.25, -0.2) is 0 Å². The molecule has 2 heterocycles. The average Bonchev–Trinajstić information content (AvgIpc) is 3.04. The summed E-state index contributed by atoms with van der Waals surface area (Å²) in [6.07, 6.45) is 0. The number of aliphatic imine (C=N–C) groups is 1. The SMILES string of the molecule is CN1[C@@H](C(=O)O)CS[C@H]1[C@]1([Si])CSC(c2ccccc2O)=N1. The second kappa shape index (κ2) is 5.92. The van der Waals surface area contributed by atoms with Crippen molar-refractivity contribution in [1.82, 2.24) is 4.90 Å². The largest absolute Gasteiger partial charge is 0.507 e. The highest BCUT2D eigenvalue weighted by Gasteiger charge is 2.48. The predicted molar refractivity (Wildman–Crippen MR) is 91.0 cm³/mol. The van der Waals surface area contributed by atoms with Crippen LogP contribution in [-0.2, 0) is 4.79 Å². The summed E-state index contributed by atoms with van der Waals surface area (Å²) in [5.74, 6) is 0.653. The van der Waals surface area contributed by atoms with E-state index in [-0.39, 0.29) is 11.1 Å². The van der Waals surface area contributed by atoms with E-state index in [1.807, 2.05) is 24.1 Å². The summed E-state index contributed by atoms with van der Waals surface area (Å²) < 4.78 is 0. The summed E-state index contributed by atoms with van der Waals surface area (Å²) >= 11 is 3.17. The number of thioether (sulfide) groups is 2. The van der Waals surface area contributed by atoms with E-state index < -0.39 is 17.2 Å². The Morgan fingerprint density at radius 1 is 1.50 bits per heavy atom. The highest BCUT2D eigenvalue weighted by atomic mass is 32.2. The molecular formula is C14H15N2O3S2Si. The molecule has 5 nitrogen and oxygen atoms in total. The lowest BCUT2D eigenvalue weighted by Crippen LogP contribution is -2.50. The van der Waals surface area contributed by atoms with Gasteiger partial charge >= 0.3 is 5.97 Å². The first kappa shape index (κ1) is 15.9. The summed E-state index contributed by atoms with van der Waals surface area (Å²) in [4.78, 5) is 17.9. The Bertz CT molecular complexity index is 642. The molecule has 3 radical (unpaired) electrons. The van der Waals surface area contributed by atoms with Crippen LogP contribution in [0, 0.1) is 0 Å². The highest BCUT2D eigenvalue weighted by Crippen LogP contribution is 2.42. The summed E-state index contributed by atoms with van der Waals surface area (Å²) in [6, 6.07) is 6.63. The summed E-state index contributed by atoms with van der Waals surface area (Å²) in [5.41, 5.74) is 0.716. The second-order valence-corrected chi connectivity index (χ2v) is 8.30. The number of aliphatic carboxylic acids is 1. The van der Waals surface area contributed by atoms with Crippen molar-refractivity contribution in [3.05, 3.63) is 29.8 Å². The molecule has 1 fully saturated rings. The van der Waals surface area contributed by atoms with Gasteiger partial charge < -0.3 is 10.2 Å². The lowest BCUT2D eigenvalue weighted by atomic mass is 10.2. The molecule has 2 aliphatic heterocycles. The molecule has 1 saturated heterocycles. The third kappa shape index (κ3) is 2.68.